The van der Waals surface area contributed by atoms with Gasteiger partial charge >= 0.3 is 12.0 Å². The van der Waals surface area contributed by atoms with Gasteiger partial charge in [-0.3, -0.25) is 14.8 Å². The summed E-state index contributed by atoms with van der Waals surface area (Å²) in [4.78, 5) is 32.2. The van der Waals surface area contributed by atoms with Crippen LogP contribution in [0.1, 0.15) is 25.2 Å². The highest BCUT2D eigenvalue weighted by atomic mass is 16.4. The van der Waals surface area contributed by atoms with E-state index < -0.39 is 12.0 Å². The normalized spacial score (nSPS) is 10.4. The molecule has 2 N–H and O–H groups in total. The Balaban J connectivity index is 2.56. The summed E-state index contributed by atoms with van der Waals surface area (Å²) in [6.45, 7) is 5.97. The van der Waals surface area contributed by atoms with Crippen LogP contribution in [-0.2, 0) is 11.3 Å². The maximum Gasteiger partial charge on any atom is 0.323 e. The summed E-state index contributed by atoms with van der Waals surface area (Å²) in [6, 6.07) is -0.413. The lowest BCUT2D eigenvalue weighted by atomic mass is 10.2. The van der Waals surface area contributed by atoms with Crippen molar-refractivity contribution < 1.29 is 14.7 Å². The first-order valence-electron chi connectivity index (χ1n) is 6.40. The number of nitrogens with zero attached hydrogens (tertiary/aromatic N) is 3. The molecule has 0 fully saturated rings. The second-order valence-electron chi connectivity index (χ2n) is 4.98. The number of carbonyl (C=O) groups excluding carboxylic acids is 1. The molecule has 7 heteroatoms. The Labute approximate surface area is 118 Å². The average Bonchev–Trinajstić information content (AvgIpc) is 2.36. The van der Waals surface area contributed by atoms with Crippen LogP contribution in [0.5, 0.6) is 0 Å². The number of carbonyl (C=O) groups is 2. The van der Waals surface area contributed by atoms with E-state index in [4.69, 9.17) is 5.11 Å². The Morgan fingerprint density at radius 2 is 2.05 bits per heavy atom. The molecule has 1 aromatic heterocycles. The average molecular weight is 280 g/mol. The number of carboxylic acids is 1. The monoisotopic (exact) mass is 280 g/mol. The molecule has 0 aliphatic heterocycles. The molecule has 7 nitrogen and oxygen atoms in total. The molecular formula is C13H20N4O3. The second kappa shape index (κ2) is 7.42. The first-order valence-corrected chi connectivity index (χ1v) is 6.40. The lowest BCUT2D eigenvalue weighted by Crippen LogP contribution is -2.44. The quantitative estimate of drug-likeness (QED) is 0.811. The van der Waals surface area contributed by atoms with Gasteiger partial charge in [0.25, 0.3) is 0 Å². The first-order chi connectivity index (χ1) is 9.38. The largest absolute Gasteiger partial charge is 0.480 e. The number of hydrogen-bond donors (Lipinski definition) is 2. The fourth-order valence-corrected chi connectivity index (χ4v) is 1.61. The number of aromatic nitrogens is 2. The van der Waals surface area contributed by atoms with Gasteiger partial charge in [-0.1, -0.05) is 13.8 Å². The molecule has 110 valence electrons. The summed E-state index contributed by atoms with van der Waals surface area (Å²) >= 11 is 0. The van der Waals surface area contributed by atoms with Crippen LogP contribution < -0.4 is 5.32 Å². The summed E-state index contributed by atoms with van der Waals surface area (Å²) < 4.78 is 0. The third-order valence-electron chi connectivity index (χ3n) is 2.45. The van der Waals surface area contributed by atoms with E-state index in [1.165, 1.54) is 4.90 Å². The van der Waals surface area contributed by atoms with E-state index in [9.17, 15) is 9.59 Å². The predicted molar refractivity (Wildman–Crippen MR) is 73.1 cm³/mol. The summed E-state index contributed by atoms with van der Waals surface area (Å²) in [6.07, 6.45) is 3.20. The Morgan fingerprint density at radius 3 is 2.55 bits per heavy atom. The zero-order valence-electron chi connectivity index (χ0n) is 12.0. The van der Waals surface area contributed by atoms with Crippen molar-refractivity contribution in [2.45, 2.75) is 27.3 Å². The number of aryl methyl sites for hydroxylation is 1. The molecule has 0 saturated carbocycles. The molecule has 2 amide bonds. The van der Waals surface area contributed by atoms with Crippen LogP contribution >= 0.6 is 0 Å². The van der Waals surface area contributed by atoms with Crippen molar-refractivity contribution in [1.82, 2.24) is 20.2 Å². The third-order valence-corrected chi connectivity index (χ3v) is 2.45. The minimum atomic E-state index is -1.03. The Kier molecular flexibility index (Phi) is 5.89. The van der Waals surface area contributed by atoms with Crippen LogP contribution in [0.2, 0.25) is 0 Å². The number of amides is 2. The molecule has 1 aromatic rings. The van der Waals surface area contributed by atoms with E-state index in [-0.39, 0.29) is 19.0 Å². The number of nitrogens with one attached hydrogen (secondary N) is 1. The van der Waals surface area contributed by atoms with Crippen LogP contribution in [-0.4, -0.2) is 45.1 Å². The van der Waals surface area contributed by atoms with Crippen molar-refractivity contribution >= 4 is 12.0 Å². The van der Waals surface area contributed by atoms with Crippen LogP contribution in [0, 0.1) is 12.8 Å². The maximum atomic E-state index is 12.0. The number of rotatable bonds is 6. The highest BCUT2D eigenvalue weighted by Gasteiger charge is 2.17. The Morgan fingerprint density at radius 1 is 1.35 bits per heavy atom. The fraction of sp³-hybridized carbons (Fsp3) is 0.538. The molecule has 20 heavy (non-hydrogen) atoms. The van der Waals surface area contributed by atoms with Gasteiger partial charge in [-0.15, -0.1) is 0 Å². The molecule has 0 bridgehead atoms. The van der Waals surface area contributed by atoms with Gasteiger partial charge in [0.2, 0.25) is 0 Å². The lowest BCUT2D eigenvalue weighted by molar-refractivity contribution is -0.137. The van der Waals surface area contributed by atoms with E-state index in [1.807, 2.05) is 20.8 Å². The lowest BCUT2D eigenvalue weighted by Gasteiger charge is -2.22. The number of carboxylic acid groups (broad SMARTS) is 1. The second-order valence-corrected chi connectivity index (χ2v) is 4.98. The standard InChI is InChI=1S/C13H20N4O3/c1-9(2)7-17(8-12(18)19)13(20)16-6-11-5-14-10(3)4-15-11/h4-5,9H,6-8H2,1-3H3,(H,16,20)(H,18,19). The van der Waals surface area contributed by atoms with Crippen LogP contribution in [0.3, 0.4) is 0 Å². The maximum absolute atomic E-state index is 12.0. The minimum absolute atomic E-state index is 0.194. The number of aliphatic carboxylic acids is 1. The molecule has 1 rings (SSSR count). The highest BCUT2D eigenvalue weighted by Crippen LogP contribution is 2.00. The van der Waals surface area contributed by atoms with Crippen LogP contribution in [0.4, 0.5) is 4.79 Å². The SMILES string of the molecule is Cc1cnc(CNC(=O)N(CC(=O)O)CC(C)C)cn1. The van der Waals surface area contributed by atoms with Crippen molar-refractivity contribution in [3.05, 3.63) is 23.8 Å². The van der Waals surface area contributed by atoms with Gasteiger partial charge < -0.3 is 15.3 Å². The molecule has 0 aliphatic carbocycles. The fourth-order valence-electron chi connectivity index (χ4n) is 1.61. The van der Waals surface area contributed by atoms with Crippen molar-refractivity contribution in [2.24, 2.45) is 5.92 Å². The zero-order valence-corrected chi connectivity index (χ0v) is 12.0. The van der Waals surface area contributed by atoms with Gasteiger partial charge in [-0.05, 0) is 12.8 Å². The van der Waals surface area contributed by atoms with E-state index in [1.54, 1.807) is 12.4 Å². The van der Waals surface area contributed by atoms with Crippen LogP contribution in [0.15, 0.2) is 12.4 Å². The molecular weight excluding hydrogens is 260 g/mol. The molecule has 0 unspecified atom stereocenters. The van der Waals surface area contributed by atoms with E-state index >= 15 is 0 Å². The van der Waals surface area contributed by atoms with Crippen molar-refractivity contribution in [2.75, 3.05) is 13.1 Å². The van der Waals surface area contributed by atoms with Gasteiger partial charge in [-0.25, -0.2) is 4.79 Å². The van der Waals surface area contributed by atoms with Crippen molar-refractivity contribution in [1.29, 1.82) is 0 Å². The molecule has 0 aromatic carbocycles. The zero-order chi connectivity index (χ0) is 15.1. The minimum Gasteiger partial charge on any atom is -0.480 e. The van der Waals surface area contributed by atoms with Gasteiger partial charge in [0.05, 0.1) is 24.1 Å². The van der Waals surface area contributed by atoms with Crippen molar-refractivity contribution in [3.8, 4) is 0 Å². The smallest absolute Gasteiger partial charge is 0.323 e. The number of hydrogen-bond acceptors (Lipinski definition) is 4. The van der Waals surface area contributed by atoms with E-state index in [0.29, 0.717) is 12.2 Å². The summed E-state index contributed by atoms with van der Waals surface area (Å²) in [5, 5.41) is 11.5. The van der Waals surface area contributed by atoms with Gasteiger partial charge in [0, 0.05) is 12.7 Å². The summed E-state index contributed by atoms with van der Waals surface area (Å²) in [5.74, 6) is -0.838. The van der Waals surface area contributed by atoms with Gasteiger partial charge in [-0.2, -0.15) is 0 Å². The van der Waals surface area contributed by atoms with Gasteiger partial charge in [0.15, 0.2) is 0 Å². The molecule has 0 atom stereocenters. The molecule has 0 radical (unpaired) electrons. The summed E-state index contributed by atoms with van der Waals surface area (Å²) in [7, 11) is 0. The Bertz CT molecular complexity index is 459. The molecule has 0 saturated heterocycles. The van der Waals surface area contributed by atoms with E-state index in [0.717, 1.165) is 5.69 Å². The Hall–Kier alpha value is -2.18. The first kappa shape index (κ1) is 15.9. The van der Waals surface area contributed by atoms with Crippen molar-refractivity contribution in [3.63, 3.8) is 0 Å². The van der Waals surface area contributed by atoms with E-state index in [2.05, 4.69) is 15.3 Å². The summed E-state index contributed by atoms with van der Waals surface area (Å²) in [5.41, 5.74) is 1.43. The highest BCUT2D eigenvalue weighted by molar-refractivity contribution is 5.80. The molecule has 1 heterocycles. The van der Waals surface area contributed by atoms with Crippen LogP contribution in [0.25, 0.3) is 0 Å². The molecule has 0 aliphatic rings. The predicted octanol–water partition coefficient (Wildman–Crippen LogP) is 1.04. The third kappa shape index (κ3) is 5.64. The molecule has 0 spiro atoms. The number of urea groups is 1. The van der Waals surface area contributed by atoms with Gasteiger partial charge in [0.1, 0.15) is 6.54 Å². The topological polar surface area (TPSA) is 95.4 Å².